The number of aryl methyl sites for hydroxylation is 2. The Morgan fingerprint density at radius 1 is 1.12 bits per heavy atom. The summed E-state index contributed by atoms with van der Waals surface area (Å²) >= 11 is 1.53. The molecule has 24 heavy (non-hydrogen) atoms. The molecule has 3 rings (SSSR count). The summed E-state index contributed by atoms with van der Waals surface area (Å²) in [6.07, 6.45) is 2.10. The first kappa shape index (κ1) is 16.3. The first-order chi connectivity index (χ1) is 11.6. The van der Waals surface area contributed by atoms with Gasteiger partial charge in [-0.15, -0.1) is 11.3 Å². The fourth-order valence-corrected chi connectivity index (χ4v) is 3.44. The summed E-state index contributed by atoms with van der Waals surface area (Å²) in [5.41, 5.74) is 4.06. The Labute approximate surface area is 145 Å². The second-order valence-electron chi connectivity index (χ2n) is 5.62. The van der Waals surface area contributed by atoms with Crippen LogP contribution >= 0.6 is 11.3 Å². The van der Waals surface area contributed by atoms with Crippen LogP contribution < -0.4 is 5.32 Å². The Bertz CT molecular complexity index is 843. The number of hydrogen-bond donors (Lipinski definition) is 1. The molecule has 3 aromatic rings. The zero-order valence-corrected chi connectivity index (χ0v) is 14.6. The van der Waals surface area contributed by atoms with Crippen LogP contribution in [-0.4, -0.2) is 15.9 Å². The van der Waals surface area contributed by atoms with E-state index in [0.717, 1.165) is 26.8 Å². The van der Waals surface area contributed by atoms with Crippen molar-refractivity contribution in [2.24, 2.45) is 0 Å². The highest BCUT2D eigenvalue weighted by Crippen LogP contribution is 2.26. The van der Waals surface area contributed by atoms with Crippen LogP contribution in [-0.2, 0) is 17.8 Å². The molecule has 0 radical (unpaired) electrons. The van der Waals surface area contributed by atoms with E-state index in [1.807, 2.05) is 56.3 Å². The van der Waals surface area contributed by atoms with E-state index in [1.54, 1.807) is 6.20 Å². The van der Waals surface area contributed by atoms with Crippen LogP contribution in [0.1, 0.15) is 21.7 Å². The smallest absolute Gasteiger partial charge is 0.225 e. The number of pyridine rings is 1. The standard InChI is InChI=1S/C19H19N3OS/c1-13-7-3-4-8-15(13)12-21-18(23)11-17-14(2)22-19(24-17)16-9-5-6-10-20-16/h3-10H,11-12H2,1-2H3,(H,21,23). The Kier molecular flexibility index (Phi) is 5.01. The number of benzene rings is 1. The highest BCUT2D eigenvalue weighted by Gasteiger charge is 2.13. The summed E-state index contributed by atoms with van der Waals surface area (Å²) in [5, 5.41) is 3.85. The fourth-order valence-electron chi connectivity index (χ4n) is 2.40. The number of hydrogen-bond acceptors (Lipinski definition) is 4. The molecule has 1 aromatic carbocycles. The molecule has 1 amide bonds. The van der Waals surface area contributed by atoms with Gasteiger partial charge in [0.15, 0.2) is 0 Å². The van der Waals surface area contributed by atoms with Gasteiger partial charge in [-0.25, -0.2) is 4.98 Å². The van der Waals surface area contributed by atoms with Crippen molar-refractivity contribution in [3.05, 3.63) is 70.4 Å². The van der Waals surface area contributed by atoms with E-state index in [4.69, 9.17) is 0 Å². The van der Waals surface area contributed by atoms with Gasteiger partial charge in [0.25, 0.3) is 0 Å². The van der Waals surface area contributed by atoms with Crippen LogP contribution in [0, 0.1) is 13.8 Å². The van der Waals surface area contributed by atoms with Crippen molar-refractivity contribution in [1.82, 2.24) is 15.3 Å². The lowest BCUT2D eigenvalue weighted by Crippen LogP contribution is -2.24. The number of nitrogens with one attached hydrogen (secondary N) is 1. The van der Waals surface area contributed by atoms with Crippen LogP contribution in [0.4, 0.5) is 0 Å². The molecule has 0 aliphatic carbocycles. The monoisotopic (exact) mass is 337 g/mol. The van der Waals surface area contributed by atoms with Gasteiger partial charge in [0.2, 0.25) is 5.91 Å². The predicted octanol–water partition coefficient (Wildman–Crippen LogP) is 3.68. The number of thiazole rings is 1. The molecule has 2 heterocycles. The second-order valence-corrected chi connectivity index (χ2v) is 6.71. The second kappa shape index (κ2) is 7.36. The van der Waals surface area contributed by atoms with Crippen molar-refractivity contribution in [2.45, 2.75) is 26.8 Å². The first-order valence-corrected chi connectivity index (χ1v) is 8.64. The number of carbonyl (C=O) groups is 1. The molecule has 0 spiro atoms. The van der Waals surface area contributed by atoms with Gasteiger partial charge in [-0.1, -0.05) is 30.3 Å². The third-order valence-corrected chi connectivity index (χ3v) is 5.01. The summed E-state index contributed by atoms with van der Waals surface area (Å²) in [6, 6.07) is 13.8. The summed E-state index contributed by atoms with van der Waals surface area (Å²) in [5.74, 6) is 0.0116. The third kappa shape index (κ3) is 3.86. The molecule has 0 fully saturated rings. The van der Waals surface area contributed by atoms with Crippen molar-refractivity contribution < 1.29 is 4.79 Å². The Hall–Kier alpha value is -2.53. The van der Waals surface area contributed by atoms with Crippen LogP contribution in [0.15, 0.2) is 48.7 Å². The highest BCUT2D eigenvalue weighted by atomic mass is 32.1. The minimum absolute atomic E-state index is 0.0116. The van der Waals surface area contributed by atoms with Gasteiger partial charge < -0.3 is 5.32 Å². The summed E-state index contributed by atoms with van der Waals surface area (Å²) in [7, 11) is 0. The fraction of sp³-hybridized carbons (Fsp3) is 0.211. The largest absolute Gasteiger partial charge is 0.352 e. The van der Waals surface area contributed by atoms with Gasteiger partial charge in [-0.2, -0.15) is 0 Å². The number of rotatable bonds is 5. The van der Waals surface area contributed by atoms with E-state index in [0.29, 0.717) is 13.0 Å². The predicted molar refractivity (Wildman–Crippen MR) is 96.8 cm³/mol. The summed E-state index contributed by atoms with van der Waals surface area (Å²) in [6.45, 7) is 4.54. The Morgan fingerprint density at radius 2 is 1.92 bits per heavy atom. The average Bonchev–Trinajstić information content (AvgIpc) is 2.96. The number of carbonyl (C=O) groups excluding carboxylic acids is 1. The van der Waals surface area contributed by atoms with Crippen molar-refractivity contribution in [3.63, 3.8) is 0 Å². The zero-order valence-electron chi connectivity index (χ0n) is 13.7. The van der Waals surface area contributed by atoms with E-state index in [9.17, 15) is 4.79 Å². The SMILES string of the molecule is Cc1ccccc1CNC(=O)Cc1sc(-c2ccccn2)nc1C. The zero-order chi connectivity index (χ0) is 16.9. The first-order valence-electron chi connectivity index (χ1n) is 7.82. The van der Waals surface area contributed by atoms with Crippen molar-refractivity contribution in [1.29, 1.82) is 0 Å². The molecule has 122 valence electrons. The molecule has 0 aliphatic rings. The molecule has 0 aliphatic heterocycles. The quantitative estimate of drug-likeness (QED) is 0.773. The maximum Gasteiger partial charge on any atom is 0.225 e. The molecule has 0 saturated heterocycles. The lowest BCUT2D eigenvalue weighted by molar-refractivity contribution is -0.120. The van der Waals surface area contributed by atoms with Gasteiger partial charge in [0.1, 0.15) is 5.01 Å². The molecule has 0 unspecified atom stereocenters. The molecule has 0 atom stereocenters. The summed E-state index contributed by atoms with van der Waals surface area (Å²) in [4.78, 5) is 22.1. The van der Waals surface area contributed by atoms with Gasteiger partial charge >= 0.3 is 0 Å². The topological polar surface area (TPSA) is 54.9 Å². The van der Waals surface area contributed by atoms with Crippen molar-refractivity contribution >= 4 is 17.2 Å². The third-order valence-electron chi connectivity index (χ3n) is 3.84. The van der Waals surface area contributed by atoms with Gasteiger partial charge in [0.05, 0.1) is 17.8 Å². The normalized spacial score (nSPS) is 10.6. The molecule has 4 nitrogen and oxygen atoms in total. The Balaban J connectivity index is 1.65. The molecule has 0 bridgehead atoms. The Morgan fingerprint density at radius 3 is 2.67 bits per heavy atom. The van der Waals surface area contributed by atoms with E-state index in [-0.39, 0.29) is 5.91 Å². The molecule has 1 N–H and O–H groups in total. The molecule has 2 aromatic heterocycles. The van der Waals surface area contributed by atoms with Crippen LogP contribution in [0.2, 0.25) is 0 Å². The lowest BCUT2D eigenvalue weighted by atomic mass is 10.1. The minimum Gasteiger partial charge on any atom is -0.352 e. The van der Waals surface area contributed by atoms with Crippen molar-refractivity contribution in [3.8, 4) is 10.7 Å². The number of amides is 1. The molecule has 5 heteroatoms. The summed E-state index contributed by atoms with van der Waals surface area (Å²) < 4.78 is 0. The van der Waals surface area contributed by atoms with Crippen LogP contribution in [0.3, 0.4) is 0 Å². The number of nitrogens with zero attached hydrogens (tertiary/aromatic N) is 2. The molecular formula is C19H19N3OS. The number of aromatic nitrogens is 2. The minimum atomic E-state index is 0.0116. The van der Waals surface area contributed by atoms with E-state index < -0.39 is 0 Å². The van der Waals surface area contributed by atoms with E-state index in [1.165, 1.54) is 16.9 Å². The van der Waals surface area contributed by atoms with Gasteiger partial charge in [-0.3, -0.25) is 9.78 Å². The van der Waals surface area contributed by atoms with Crippen LogP contribution in [0.5, 0.6) is 0 Å². The van der Waals surface area contributed by atoms with Gasteiger partial charge in [0, 0.05) is 17.6 Å². The van der Waals surface area contributed by atoms with Crippen LogP contribution in [0.25, 0.3) is 10.7 Å². The maximum atomic E-state index is 12.2. The average molecular weight is 337 g/mol. The van der Waals surface area contributed by atoms with Crippen molar-refractivity contribution in [2.75, 3.05) is 0 Å². The van der Waals surface area contributed by atoms with E-state index in [2.05, 4.69) is 15.3 Å². The maximum absolute atomic E-state index is 12.2. The molecular weight excluding hydrogens is 318 g/mol. The lowest BCUT2D eigenvalue weighted by Gasteiger charge is -2.07. The van der Waals surface area contributed by atoms with Gasteiger partial charge in [-0.05, 0) is 37.1 Å². The highest BCUT2D eigenvalue weighted by molar-refractivity contribution is 7.15. The molecule has 0 saturated carbocycles. The van der Waals surface area contributed by atoms with E-state index >= 15 is 0 Å².